The molecule has 1 heterocycles. The molecule has 0 spiro atoms. The molecule has 1 amide bonds. The largest absolute Gasteiger partial charge is 0.442 e. The average Bonchev–Trinajstić information content (AvgIpc) is 2.64. The van der Waals surface area contributed by atoms with E-state index in [4.69, 9.17) is 0 Å². The SMILES string of the molecule is Cc1c([N+](=O)[O-])c(C(F)(F)F)nn1CC(=O)NC1CCCCCC1. The number of nitrogens with zero attached hydrogens (tertiary/aromatic N) is 3. The minimum atomic E-state index is -4.95. The van der Waals surface area contributed by atoms with Crippen molar-refractivity contribution < 1.29 is 22.9 Å². The molecule has 7 nitrogen and oxygen atoms in total. The first-order valence-electron chi connectivity index (χ1n) is 7.78. The van der Waals surface area contributed by atoms with E-state index in [2.05, 4.69) is 10.4 Å². The van der Waals surface area contributed by atoms with Gasteiger partial charge >= 0.3 is 11.9 Å². The van der Waals surface area contributed by atoms with Crippen molar-refractivity contribution in [2.24, 2.45) is 0 Å². The molecule has 2 rings (SSSR count). The Balaban J connectivity index is 2.14. The summed E-state index contributed by atoms with van der Waals surface area (Å²) in [6, 6.07) is -0.00654. The summed E-state index contributed by atoms with van der Waals surface area (Å²) in [5, 5.41) is 16.9. The maximum absolute atomic E-state index is 12.9. The van der Waals surface area contributed by atoms with Crippen LogP contribution in [0.4, 0.5) is 18.9 Å². The van der Waals surface area contributed by atoms with Crippen LogP contribution in [0.1, 0.15) is 49.9 Å². The van der Waals surface area contributed by atoms with Crippen molar-refractivity contribution in [1.29, 1.82) is 0 Å². The minimum absolute atomic E-state index is 0.00654. The molecule has 1 saturated carbocycles. The lowest BCUT2D eigenvalue weighted by Gasteiger charge is -2.16. The van der Waals surface area contributed by atoms with Crippen LogP contribution in [0.25, 0.3) is 0 Å². The van der Waals surface area contributed by atoms with Crippen LogP contribution in [-0.4, -0.2) is 26.7 Å². The number of carbonyl (C=O) groups excluding carboxylic acids is 1. The first kappa shape index (κ1) is 18.2. The van der Waals surface area contributed by atoms with Crippen LogP contribution in [0.5, 0.6) is 0 Å². The molecule has 0 aliphatic heterocycles. The molecule has 1 aromatic rings. The molecule has 1 aliphatic carbocycles. The van der Waals surface area contributed by atoms with Crippen LogP contribution < -0.4 is 5.32 Å². The summed E-state index contributed by atoms with van der Waals surface area (Å²) in [6.45, 7) is 0.679. The Hall–Kier alpha value is -2.13. The molecule has 0 saturated heterocycles. The summed E-state index contributed by atoms with van der Waals surface area (Å²) >= 11 is 0. The molecule has 0 unspecified atom stereocenters. The lowest BCUT2D eigenvalue weighted by Crippen LogP contribution is -2.37. The van der Waals surface area contributed by atoms with Gasteiger partial charge in [-0.3, -0.25) is 19.6 Å². The van der Waals surface area contributed by atoms with E-state index >= 15 is 0 Å². The number of aromatic nitrogens is 2. The Kier molecular flexibility index (Phi) is 5.45. The highest BCUT2D eigenvalue weighted by molar-refractivity contribution is 5.76. The molecule has 0 bridgehead atoms. The molecule has 1 aliphatic rings. The molecule has 1 fully saturated rings. The van der Waals surface area contributed by atoms with Gasteiger partial charge in [0, 0.05) is 6.04 Å². The quantitative estimate of drug-likeness (QED) is 0.514. The topological polar surface area (TPSA) is 90.1 Å². The van der Waals surface area contributed by atoms with Crippen LogP contribution in [0, 0.1) is 17.0 Å². The van der Waals surface area contributed by atoms with E-state index in [0.717, 1.165) is 50.1 Å². The van der Waals surface area contributed by atoms with Crippen molar-refractivity contribution in [3.05, 3.63) is 21.5 Å². The zero-order valence-corrected chi connectivity index (χ0v) is 13.2. The number of halogens is 3. The van der Waals surface area contributed by atoms with Gasteiger partial charge in [0.1, 0.15) is 12.2 Å². The third-order valence-electron chi connectivity index (χ3n) is 4.14. The molecule has 0 radical (unpaired) electrons. The maximum atomic E-state index is 12.9. The number of alkyl halides is 3. The Labute approximate surface area is 136 Å². The lowest BCUT2D eigenvalue weighted by atomic mass is 10.1. The second kappa shape index (κ2) is 7.18. The Bertz CT molecular complexity index is 620. The standard InChI is InChI=1S/C14H19F3N4O3/c1-9-12(21(23)24)13(14(15,16)17)19-20(9)8-11(22)18-10-6-4-2-3-5-7-10/h10H,2-8H2,1H3,(H,18,22). The van der Waals surface area contributed by atoms with E-state index < -0.39 is 34.9 Å². The van der Waals surface area contributed by atoms with Crippen LogP contribution in [-0.2, 0) is 17.5 Å². The summed E-state index contributed by atoms with van der Waals surface area (Å²) in [4.78, 5) is 21.8. The van der Waals surface area contributed by atoms with Crippen LogP contribution in [0.15, 0.2) is 0 Å². The molecule has 24 heavy (non-hydrogen) atoms. The molecule has 1 N–H and O–H groups in total. The summed E-state index contributed by atoms with van der Waals surface area (Å²) in [6.07, 6.45) is 0.911. The third kappa shape index (κ3) is 4.24. The van der Waals surface area contributed by atoms with Crippen molar-refractivity contribution in [3.63, 3.8) is 0 Å². The molecule has 0 aromatic carbocycles. The second-order valence-corrected chi connectivity index (χ2v) is 5.95. The fourth-order valence-corrected chi connectivity index (χ4v) is 2.93. The van der Waals surface area contributed by atoms with Crippen LogP contribution in [0.2, 0.25) is 0 Å². The lowest BCUT2D eigenvalue weighted by molar-refractivity contribution is -0.388. The van der Waals surface area contributed by atoms with E-state index in [0.29, 0.717) is 0 Å². The smallest absolute Gasteiger partial charge is 0.352 e. The average molecular weight is 348 g/mol. The van der Waals surface area contributed by atoms with Gasteiger partial charge < -0.3 is 5.32 Å². The van der Waals surface area contributed by atoms with Gasteiger partial charge in [0.25, 0.3) is 0 Å². The molecule has 0 atom stereocenters. The Morgan fingerprint density at radius 1 is 1.33 bits per heavy atom. The number of rotatable bonds is 4. The molecule has 1 aromatic heterocycles. The van der Waals surface area contributed by atoms with E-state index in [1.54, 1.807) is 0 Å². The predicted molar refractivity (Wildman–Crippen MR) is 78.3 cm³/mol. The second-order valence-electron chi connectivity index (χ2n) is 5.95. The van der Waals surface area contributed by atoms with E-state index in [1.807, 2.05) is 0 Å². The summed E-state index contributed by atoms with van der Waals surface area (Å²) in [5.74, 6) is -0.490. The highest BCUT2D eigenvalue weighted by atomic mass is 19.4. The van der Waals surface area contributed by atoms with E-state index in [1.165, 1.54) is 0 Å². The van der Waals surface area contributed by atoms with Crippen molar-refractivity contribution in [2.45, 2.75) is 64.2 Å². The summed E-state index contributed by atoms with van der Waals surface area (Å²) < 4.78 is 39.4. The summed E-state index contributed by atoms with van der Waals surface area (Å²) in [7, 11) is 0. The van der Waals surface area contributed by atoms with E-state index in [-0.39, 0.29) is 11.7 Å². The van der Waals surface area contributed by atoms with Gasteiger partial charge in [0.15, 0.2) is 0 Å². The van der Waals surface area contributed by atoms with Crippen molar-refractivity contribution in [3.8, 4) is 0 Å². The monoisotopic (exact) mass is 348 g/mol. The van der Waals surface area contributed by atoms with Crippen molar-refractivity contribution in [1.82, 2.24) is 15.1 Å². The summed E-state index contributed by atoms with van der Waals surface area (Å²) in [5.41, 5.74) is -2.97. The number of nitrogens with one attached hydrogen (secondary N) is 1. The van der Waals surface area contributed by atoms with Gasteiger partial charge in [0.2, 0.25) is 11.6 Å². The predicted octanol–water partition coefficient (Wildman–Crippen LogP) is 2.96. The number of nitro groups is 1. The van der Waals surface area contributed by atoms with Gasteiger partial charge in [-0.15, -0.1) is 0 Å². The first-order valence-corrected chi connectivity index (χ1v) is 7.78. The van der Waals surface area contributed by atoms with Crippen LogP contribution in [0.3, 0.4) is 0 Å². The highest BCUT2D eigenvalue weighted by Crippen LogP contribution is 2.36. The maximum Gasteiger partial charge on any atom is 0.442 e. The van der Waals surface area contributed by atoms with Gasteiger partial charge in [-0.25, -0.2) is 0 Å². The van der Waals surface area contributed by atoms with Gasteiger partial charge in [-0.1, -0.05) is 25.7 Å². The number of hydrogen-bond acceptors (Lipinski definition) is 4. The fraction of sp³-hybridized carbons (Fsp3) is 0.714. The zero-order valence-electron chi connectivity index (χ0n) is 13.2. The zero-order chi connectivity index (χ0) is 17.9. The van der Waals surface area contributed by atoms with Crippen LogP contribution >= 0.6 is 0 Å². The van der Waals surface area contributed by atoms with Gasteiger partial charge in [0.05, 0.1) is 4.92 Å². The van der Waals surface area contributed by atoms with Gasteiger partial charge in [-0.05, 0) is 19.8 Å². The number of carbonyl (C=O) groups is 1. The third-order valence-corrected chi connectivity index (χ3v) is 4.14. The number of amides is 1. The van der Waals surface area contributed by atoms with Gasteiger partial charge in [-0.2, -0.15) is 18.3 Å². The molecular formula is C14H19F3N4O3. The van der Waals surface area contributed by atoms with Crippen molar-refractivity contribution in [2.75, 3.05) is 0 Å². The molecule has 10 heteroatoms. The van der Waals surface area contributed by atoms with E-state index in [9.17, 15) is 28.1 Å². The molecular weight excluding hydrogens is 329 g/mol. The minimum Gasteiger partial charge on any atom is -0.352 e. The fourth-order valence-electron chi connectivity index (χ4n) is 2.93. The highest BCUT2D eigenvalue weighted by Gasteiger charge is 2.44. The Morgan fingerprint density at radius 3 is 2.38 bits per heavy atom. The first-order chi connectivity index (χ1) is 11.2. The normalized spacial score (nSPS) is 16.7. The Morgan fingerprint density at radius 2 is 1.92 bits per heavy atom. The molecule has 134 valence electrons. The number of hydrogen-bond donors (Lipinski definition) is 1. The van der Waals surface area contributed by atoms with Crippen molar-refractivity contribution >= 4 is 11.6 Å².